The Morgan fingerprint density at radius 2 is 2.00 bits per heavy atom. The lowest BCUT2D eigenvalue weighted by atomic mass is 9.89. The second kappa shape index (κ2) is 6.18. The molecule has 2 unspecified atom stereocenters. The number of halogens is 1. The highest BCUT2D eigenvalue weighted by molar-refractivity contribution is 9.11. The minimum absolute atomic E-state index is 0.486. The fourth-order valence-electron chi connectivity index (χ4n) is 1.79. The van der Waals surface area contributed by atoms with Crippen LogP contribution in [0.3, 0.4) is 0 Å². The standard InChI is InChI=1S/C13H22BrNS/c1-6-15-12(10(5)8(2)3)11-7-9(4)13(14)16-11/h7-8,10,12,15H,6H2,1-5H3. The van der Waals surface area contributed by atoms with E-state index >= 15 is 0 Å². The van der Waals surface area contributed by atoms with E-state index in [4.69, 9.17) is 0 Å². The first-order chi connectivity index (χ1) is 7.47. The second-order valence-corrected chi connectivity index (χ2v) is 7.15. The summed E-state index contributed by atoms with van der Waals surface area (Å²) in [5.74, 6) is 1.36. The van der Waals surface area contributed by atoms with Gasteiger partial charge < -0.3 is 5.32 Å². The van der Waals surface area contributed by atoms with Gasteiger partial charge in [-0.1, -0.05) is 27.7 Å². The highest BCUT2D eigenvalue weighted by Gasteiger charge is 2.23. The molecule has 0 fully saturated rings. The third kappa shape index (κ3) is 3.31. The highest BCUT2D eigenvalue weighted by atomic mass is 79.9. The van der Waals surface area contributed by atoms with Crippen molar-refractivity contribution in [2.24, 2.45) is 11.8 Å². The molecule has 0 aliphatic heterocycles. The van der Waals surface area contributed by atoms with Gasteiger partial charge in [0, 0.05) is 10.9 Å². The van der Waals surface area contributed by atoms with E-state index < -0.39 is 0 Å². The van der Waals surface area contributed by atoms with E-state index in [-0.39, 0.29) is 0 Å². The van der Waals surface area contributed by atoms with E-state index in [0.717, 1.165) is 6.54 Å². The van der Waals surface area contributed by atoms with Crippen LogP contribution in [0, 0.1) is 18.8 Å². The molecule has 0 saturated carbocycles. The van der Waals surface area contributed by atoms with Gasteiger partial charge in [0.05, 0.1) is 3.79 Å². The molecule has 0 saturated heterocycles. The van der Waals surface area contributed by atoms with Gasteiger partial charge in [0.2, 0.25) is 0 Å². The van der Waals surface area contributed by atoms with Crippen LogP contribution in [0.4, 0.5) is 0 Å². The smallest absolute Gasteiger partial charge is 0.0731 e. The summed E-state index contributed by atoms with van der Waals surface area (Å²) in [6, 6.07) is 2.79. The molecular weight excluding hydrogens is 282 g/mol. The molecule has 0 aromatic carbocycles. The van der Waals surface area contributed by atoms with Crippen LogP contribution in [0.1, 0.15) is 44.2 Å². The van der Waals surface area contributed by atoms with Gasteiger partial charge in [0.1, 0.15) is 0 Å². The molecule has 0 amide bonds. The van der Waals surface area contributed by atoms with E-state index in [9.17, 15) is 0 Å². The lowest BCUT2D eigenvalue weighted by Gasteiger charge is -2.26. The van der Waals surface area contributed by atoms with E-state index in [1.807, 2.05) is 11.3 Å². The van der Waals surface area contributed by atoms with Gasteiger partial charge >= 0.3 is 0 Å². The molecule has 0 bridgehead atoms. The number of thiophene rings is 1. The Balaban J connectivity index is 2.92. The molecule has 1 nitrogen and oxygen atoms in total. The number of hydrogen-bond acceptors (Lipinski definition) is 2. The predicted molar refractivity (Wildman–Crippen MR) is 77.2 cm³/mol. The Labute approximate surface area is 112 Å². The summed E-state index contributed by atoms with van der Waals surface area (Å²) >= 11 is 5.47. The number of hydrogen-bond donors (Lipinski definition) is 1. The van der Waals surface area contributed by atoms with Crippen LogP contribution in [-0.4, -0.2) is 6.54 Å². The average molecular weight is 304 g/mol. The van der Waals surface area contributed by atoms with Crippen molar-refractivity contribution in [1.29, 1.82) is 0 Å². The summed E-state index contributed by atoms with van der Waals surface area (Å²) in [5.41, 5.74) is 1.35. The topological polar surface area (TPSA) is 12.0 Å². The molecule has 0 spiro atoms. The molecule has 16 heavy (non-hydrogen) atoms. The summed E-state index contributed by atoms with van der Waals surface area (Å²) in [6.45, 7) is 12.3. The van der Waals surface area contributed by atoms with Crippen molar-refractivity contribution in [1.82, 2.24) is 5.32 Å². The van der Waals surface area contributed by atoms with E-state index in [1.165, 1.54) is 14.2 Å². The van der Waals surface area contributed by atoms with Gasteiger partial charge in [-0.15, -0.1) is 11.3 Å². The van der Waals surface area contributed by atoms with Crippen molar-refractivity contribution in [2.75, 3.05) is 6.54 Å². The van der Waals surface area contributed by atoms with Crippen LogP contribution in [0.15, 0.2) is 9.85 Å². The first kappa shape index (κ1) is 14.2. The Bertz CT molecular complexity index is 313. The SMILES string of the molecule is CCNC(c1cc(C)c(Br)s1)C(C)C(C)C. The molecule has 1 rings (SSSR count). The molecule has 1 N–H and O–H groups in total. The molecule has 1 heterocycles. The first-order valence-corrected chi connectivity index (χ1v) is 7.57. The minimum atomic E-state index is 0.486. The lowest BCUT2D eigenvalue weighted by Crippen LogP contribution is -2.28. The van der Waals surface area contributed by atoms with Crippen molar-refractivity contribution in [3.05, 3.63) is 20.3 Å². The van der Waals surface area contributed by atoms with E-state index in [2.05, 4.69) is 61.9 Å². The van der Waals surface area contributed by atoms with Crippen LogP contribution in [0.2, 0.25) is 0 Å². The Hall–Kier alpha value is 0.140. The summed E-state index contributed by atoms with van der Waals surface area (Å²) < 4.78 is 1.27. The summed E-state index contributed by atoms with van der Waals surface area (Å²) in [4.78, 5) is 1.45. The molecule has 0 aliphatic rings. The molecule has 1 aromatic rings. The van der Waals surface area contributed by atoms with Crippen LogP contribution < -0.4 is 5.32 Å². The molecule has 2 atom stereocenters. The number of aryl methyl sites for hydroxylation is 1. The zero-order chi connectivity index (χ0) is 12.3. The monoisotopic (exact) mass is 303 g/mol. The van der Waals surface area contributed by atoms with Crippen molar-refractivity contribution in [3.8, 4) is 0 Å². The highest BCUT2D eigenvalue weighted by Crippen LogP contribution is 2.36. The van der Waals surface area contributed by atoms with Gasteiger partial charge in [0.15, 0.2) is 0 Å². The lowest BCUT2D eigenvalue weighted by molar-refractivity contribution is 0.311. The van der Waals surface area contributed by atoms with Crippen LogP contribution in [0.5, 0.6) is 0 Å². The van der Waals surface area contributed by atoms with Crippen LogP contribution in [0.25, 0.3) is 0 Å². The average Bonchev–Trinajstić information content (AvgIpc) is 2.54. The van der Waals surface area contributed by atoms with Gasteiger partial charge in [-0.05, 0) is 52.9 Å². The van der Waals surface area contributed by atoms with Crippen LogP contribution >= 0.6 is 27.3 Å². The second-order valence-electron chi connectivity index (χ2n) is 4.74. The van der Waals surface area contributed by atoms with Gasteiger partial charge in [-0.25, -0.2) is 0 Å². The Morgan fingerprint density at radius 1 is 1.38 bits per heavy atom. The third-order valence-electron chi connectivity index (χ3n) is 3.18. The molecule has 3 heteroatoms. The summed E-state index contributed by atoms with van der Waals surface area (Å²) in [5, 5.41) is 3.61. The maximum absolute atomic E-state index is 3.61. The molecular formula is C13H22BrNS. The fraction of sp³-hybridized carbons (Fsp3) is 0.692. The zero-order valence-corrected chi connectivity index (χ0v) is 13.2. The van der Waals surface area contributed by atoms with Crippen molar-refractivity contribution < 1.29 is 0 Å². The quantitative estimate of drug-likeness (QED) is 0.827. The number of nitrogens with one attached hydrogen (secondary N) is 1. The predicted octanol–water partition coefficient (Wildman–Crippen LogP) is 4.76. The van der Waals surface area contributed by atoms with Crippen molar-refractivity contribution in [2.45, 2.75) is 40.7 Å². The van der Waals surface area contributed by atoms with Crippen molar-refractivity contribution >= 4 is 27.3 Å². The minimum Gasteiger partial charge on any atom is -0.309 e. The molecule has 92 valence electrons. The fourth-order valence-corrected chi connectivity index (χ4v) is 3.55. The number of rotatable bonds is 5. The zero-order valence-electron chi connectivity index (χ0n) is 10.8. The van der Waals surface area contributed by atoms with Crippen molar-refractivity contribution in [3.63, 3.8) is 0 Å². The van der Waals surface area contributed by atoms with Gasteiger partial charge in [-0.2, -0.15) is 0 Å². The molecule has 0 aliphatic carbocycles. The van der Waals surface area contributed by atoms with Gasteiger partial charge in [-0.3, -0.25) is 0 Å². The summed E-state index contributed by atoms with van der Waals surface area (Å²) in [6.07, 6.45) is 0. The molecule has 0 radical (unpaired) electrons. The maximum Gasteiger partial charge on any atom is 0.0731 e. The normalized spacial score (nSPS) is 15.4. The Kier molecular flexibility index (Phi) is 5.48. The molecule has 1 aromatic heterocycles. The Morgan fingerprint density at radius 3 is 2.38 bits per heavy atom. The van der Waals surface area contributed by atoms with Gasteiger partial charge in [0.25, 0.3) is 0 Å². The first-order valence-electron chi connectivity index (χ1n) is 5.96. The largest absolute Gasteiger partial charge is 0.309 e. The third-order valence-corrected chi connectivity index (χ3v) is 5.40. The van der Waals surface area contributed by atoms with E-state index in [1.54, 1.807) is 0 Å². The van der Waals surface area contributed by atoms with Crippen LogP contribution in [-0.2, 0) is 0 Å². The maximum atomic E-state index is 3.61. The summed E-state index contributed by atoms with van der Waals surface area (Å²) in [7, 11) is 0. The van der Waals surface area contributed by atoms with E-state index in [0.29, 0.717) is 17.9 Å².